The minimum absolute atomic E-state index is 0.192. The van der Waals surface area contributed by atoms with Crippen LogP contribution in [0.1, 0.15) is 11.1 Å². The summed E-state index contributed by atoms with van der Waals surface area (Å²) >= 11 is 2.85. The number of hydrogen-bond donors (Lipinski definition) is 1. The highest BCUT2D eigenvalue weighted by molar-refractivity contribution is 7.99. The van der Waals surface area contributed by atoms with Gasteiger partial charge in [0.2, 0.25) is 5.95 Å². The van der Waals surface area contributed by atoms with Crippen molar-refractivity contribution in [2.24, 2.45) is 0 Å². The van der Waals surface area contributed by atoms with Crippen LogP contribution in [0.15, 0.2) is 34.6 Å². The van der Waals surface area contributed by atoms with Crippen LogP contribution in [-0.4, -0.2) is 21.2 Å². The van der Waals surface area contributed by atoms with Crippen LogP contribution in [0, 0.1) is 11.3 Å². The van der Waals surface area contributed by atoms with Crippen LogP contribution >= 0.6 is 23.5 Å². The maximum absolute atomic E-state index is 9.21. The number of nitrogens with zero attached hydrogens (tertiary/aromatic N) is 4. The van der Waals surface area contributed by atoms with E-state index in [1.165, 1.54) is 23.5 Å². The Hall–Kier alpha value is -1.78. The van der Waals surface area contributed by atoms with Crippen molar-refractivity contribution in [2.75, 3.05) is 12.0 Å². The van der Waals surface area contributed by atoms with Gasteiger partial charge < -0.3 is 5.73 Å². The Morgan fingerprint density at radius 3 is 2.79 bits per heavy atom. The lowest BCUT2D eigenvalue weighted by Crippen LogP contribution is -2.01. The van der Waals surface area contributed by atoms with Gasteiger partial charge in [-0.05, 0) is 17.9 Å². The van der Waals surface area contributed by atoms with E-state index < -0.39 is 0 Å². The average Bonchev–Trinajstić information content (AvgIpc) is 2.45. The zero-order valence-corrected chi connectivity index (χ0v) is 11.8. The number of anilines is 1. The summed E-state index contributed by atoms with van der Waals surface area (Å²) in [5.41, 5.74) is 7.21. The first-order valence-corrected chi connectivity index (χ1v) is 7.59. The third kappa shape index (κ3) is 3.36. The molecule has 0 atom stereocenters. The van der Waals surface area contributed by atoms with Gasteiger partial charge in [0, 0.05) is 18.1 Å². The first kappa shape index (κ1) is 13.6. The monoisotopic (exact) mass is 289 g/mol. The molecule has 0 amide bonds. The standard InChI is InChI=1S/C12H11N5S2/c1-18-10-9(5-13)11(17-12(14)16-10)19-7-8-3-2-4-15-6-8/h2-4,6H,7H2,1H3,(H2,14,16,17). The van der Waals surface area contributed by atoms with Crippen LogP contribution in [-0.2, 0) is 5.75 Å². The predicted octanol–water partition coefficient (Wildman–Crippen LogP) is 2.34. The number of thioether (sulfide) groups is 2. The molecular weight excluding hydrogens is 278 g/mol. The minimum atomic E-state index is 0.192. The molecule has 0 saturated heterocycles. The number of nitrogen functional groups attached to an aromatic ring is 1. The van der Waals surface area contributed by atoms with Gasteiger partial charge in [0.05, 0.1) is 0 Å². The van der Waals surface area contributed by atoms with Crippen molar-refractivity contribution >= 4 is 29.5 Å². The fourth-order valence-electron chi connectivity index (χ4n) is 1.42. The Kier molecular flexibility index (Phi) is 4.60. The molecular formula is C12H11N5S2. The third-order valence-corrected chi connectivity index (χ3v) is 3.99. The fourth-order valence-corrected chi connectivity index (χ4v) is 2.93. The lowest BCUT2D eigenvalue weighted by atomic mass is 10.3. The molecule has 2 aromatic heterocycles. The molecule has 96 valence electrons. The molecule has 0 spiro atoms. The average molecular weight is 289 g/mol. The Morgan fingerprint density at radius 1 is 1.37 bits per heavy atom. The van der Waals surface area contributed by atoms with E-state index in [0.29, 0.717) is 21.4 Å². The molecule has 2 N–H and O–H groups in total. The van der Waals surface area contributed by atoms with Gasteiger partial charge in [-0.1, -0.05) is 6.07 Å². The molecule has 7 heteroatoms. The molecule has 0 bridgehead atoms. The molecule has 2 aromatic rings. The van der Waals surface area contributed by atoms with Crippen molar-refractivity contribution in [1.29, 1.82) is 5.26 Å². The molecule has 5 nitrogen and oxygen atoms in total. The molecule has 0 aliphatic heterocycles. The van der Waals surface area contributed by atoms with E-state index in [4.69, 9.17) is 5.73 Å². The molecule has 2 heterocycles. The van der Waals surface area contributed by atoms with Crippen LogP contribution < -0.4 is 5.73 Å². The van der Waals surface area contributed by atoms with Gasteiger partial charge in [-0.2, -0.15) is 5.26 Å². The number of aromatic nitrogens is 3. The van der Waals surface area contributed by atoms with Crippen molar-refractivity contribution in [1.82, 2.24) is 15.0 Å². The summed E-state index contributed by atoms with van der Waals surface area (Å²) in [5.74, 6) is 0.879. The SMILES string of the molecule is CSc1nc(N)nc(SCc2cccnc2)c1C#N. The molecule has 0 radical (unpaired) electrons. The summed E-state index contributed by atoms with van der Waals surface area (Å²) in [6, 6.07) is 6.00. The first-order chi connectivity index (χ1) is 9.24. The van der Waals surface area contributed by atoms with E-state index in [1.54, 1.807) is 12.4 Å². The van der Waals surface area contributed by atoms with Gasteiger partial charge in [0.25, 0.3) is 0 Å². The van der Waals surface area contributed by atoms with E-state index >= 15 is 0 Å². The van der Waals surface area contributed by atoms with E-state index in [-0.39, 0.29) is 5.95 Å². The third-order valence-electron chi connectivity index (χ3n) is 2.26. The largest absolute Gasteiger partial charge is 0.368 e. The van der Waals surface area contributed by atoms with Gasteiger partial charge in [-0.25, -0.2) is 9.97 Å². The lowest BCUT2D eigenvalue weighted by Gasteiger charge is -2.07. The van der Waals surface area contributed by atoms with Crippen molar-refractivity contribution < 1.29 is 0 Å². The van der Waals surface area contributed by atoms with Gasteiger partial charge >= 0.3 is 0 Å². The Labute approximate surface area is 119 Å². The predicted molar refractivity (Wildman–Crippen MR) is 76.7 cm³/mol. The van der Waals surface area contributed by atoms with Crippen LogP contribution in [0.25, 0.3) is 0 Å². The first-order valence-electron chi connectivity index (χ1n) is 5.38. The van der Waals surface area contributed by atoms with E-state index in [9.17, 15) is 5.26 Å². The molecule has 0 unspecified atom stereocenters. The quantitative estimate of drug-likeness (QED) is 0.682. The molecule has 2 rings (SSSR count). The highest BCUT2D eigenvalue weighted by Crippen LogP contribution is 2.29. The van der Waals surface area contributed by atoms with Crippen LogP contribution in [0.4, 0.5) is 5.95 Å². The highest BCUT2D eigenvalue weighted by Gasteiger charge is 2.13. The van der Waals surface area contributed by atoms with E-state index in [1.807, 2.05) is 18.4 Å². The van der Waals surface area contributed by atoms with Gasteiger partial charge in [-0.3, -0.25) is 4.98 Å². The summed E-state index contributed by atoms with van der Waals surface area (Å²) in [7, 11) is 0. The summed E-state index contributed by atoms with van der Waals surface area (Å²) in [5, 5.41) is 10.4. The van der Waals surface area contributed by atoms with Gasteiger partial charge in [-0.15, -0.1) is 23.5 Å². The zero-order chi connectivity index (χ0) is 13.7. The lowest BCUT2D eigenvalue weighted by molar-refractivity contribution is 0.961. The molecule has 0 aliphatic carbocycles. The van der Waals surface area contributed by atoms with Gasteiger partial charge in [0.15, 0.2) is 0 Å². The summed E-state index contributed by atoms with van der Waals surface area (Å²) in [6.07, 6.45) is 5.38. The Bertz CT molecular complexity index is 610. The van der Waals surface area contributed by atoms with Crippen LogP contribution in [0.5, 0.6) is 0 Å². The molecule has 0 aliphatic rings. The Morgan fingerprint density at radius 2 is 2.16 bits per heavy atom. The second kappa shape index (κ2) is 6.41. The molecule has 19 heavy (non-hydrogen) atoms. The second-order valence-corrected chi connectivity index (χ2v) is 5.29. The maximum Gasteiger partial charge on any atom is 0.222 e. The van der Waals surface area contributed by atoms with Crippen molar-refractivity contribution in [3.05, 3.63) is 35.7 Å². The van der Waals surface area contributed by atoms with Crippen molar-refractivity contribution in [2.45, 2.75) is 15.8 Å². The van der Waals surface area contributed by atoms with E-state index in [0.717, 1.165) is 5.56 Å². The molecule has 0 aromatic carbocycles. The number of rotatable bonds is 4. The van der Waals surface area contributed by atoms with E-state index in [2.05, 4.69) is 21.0 Å². The normalized spacial score (nSPS) is 10.1. The molecule has 0 saturated carbocycles. The van der Waals surface area contributed by atoms with Crippen molar-refractivity contribution in [3.63, 3.8) is 0 Å². The van der Waals surface area contributed by atoms with Crippen LogP contribution in [0.2, 0.25) is 0 Å². The number of nitriles is 1. The van der Waals surface area contributed by atoms with Gasteiger partial charge in [0.1, 0.15) is 21.7 Å². The summed E-state index contributed by atoms with van der Waals surface area (Å²) in [4.78, 5) is 12.3. The summed E-state index contributed by atoms with van der Waals surface area (Å²) < 4.78 is 0. The fraction of sp³-hybridized carbons (Fsp3) is 0.167. The Balaban J connectivity index is 2.25. The smallest absolute Gasteiger partial charge is 0.222 e. The summed E-state index contributed by atoms with van der Waals surface area (Å²) in [6.45, 7) is 0. The van der Waals surface area contributed by atoms with Crippen molar-refractivity contribution in [3.8, 4) is 6.07 Å². The topological polar surface area (TPSA) is 88.5 Å². The minimum Gasteiger partial charge on any atom is -0.368 e. The zero-order valence-electron chi connectivity index (χ0n) is 10.2. The highest BCUT2D eigenvalue weighted by atomic mass is 32.2. The maximum atomic E-state index is 9.21. The van der Waals surface area contributed by atoms with Crippen LogP contribution in [0.3, 0.4) is 0 Å². The second-order valence-electron chi connectivity index (χ2n) is 3.53. The number of pyridine rings is 1. The number of nitrogens with two attached hydrogens (primary N) is 1. The molecule has 0 fully saturated rings. The number of hydrogen-bond acceptors (Lipinski definition) is 7.